The monoisotopic (exact) mass is 258 g/mol. The van der Waals surface area contributed by atoms with Crippen LogP contribution in [0.2, 0.25) is 0 Å². The molecule has 0 heterocycles. The molecule has 1 aromatic rings. The number of anilines is 2. The SMILES string of the molecule is COC(=O)CCS(=O)(=O)Nc1ccccc1N. The van der Waals surface area contributed by atoms with E-state index in [0.29, 0.717) is 11.4 Å². The minimum Gasteiger partial charge on any atom is -0.469 e. The zero-order chi connectivity index (χ0) is 12.9. The first-order valence-corrected chi connectivity index (χ1v) is 6.51. The molecule has 94 valence electrons. The number of para-hydroxylation sites is 2. The average molecular weight is 258 g/mol. The summed E-state index contributed by atoms with van der Waals surface area (Å²) in [6, 6.07) is 6.49. The van der Waals surface area contributed by atoms with Gasteiger partial charge in [0.25, 0.3) is 0 Å². The maximum Gasteiger partial charge on any atom is 0.306 e. The highest BCUT2D eigenvalue weighted by Gasteiger charge is 2.14. The van der Waals surface area contributed by atoms with Gasteiger partial charge in [0.1, 0.15) is 0 Å². The van der Waals surface area contributed by atoms with Crippen molar-refractivity contribution < 1.29 is 17.9 Å². The third-order valence-electron chi connectivity index (χ3n) is 2.03. The second kappa shape index (κ2) is 5.53. The molecule has 3 N–H and O–H groups in total. The van der Waals surface area contributed by atoms with E-state index in [9.17, 15) is 13.2 Å². The number of carbonyl (C=O) groups is 1. The second-order valence-corrected chi connectivity index (χ2v) is 5.18. The van der Waals surface area contributed by atoms with Gasteiger partial charge in [0.05, 0.1) is 30.7 Å². The Hall–Kier alpha value is -1.76. The number of rotatable bonds is 5. The van der Waals surface area contributed by atoms with Gasteiger partial charge in [0, 0.05) is 0 Å². The summed E-state index contributed by atoms with van der Waals surface area (Å²) in [5, 5.41) is 0. The quantitative estimate of drug-likeness (QED) is 0.594. The molecular weight excluding hydrogens is 244 g/mol. The lowest BCUT2D eigenvalue weighted by Gasteiger charge is -2.09. The molecule has 0 atom stereocenters. The molecule has 6 nitrogen and oxygen atoms in total. The molecule has 17 heavy (non-hydrogen) atoms. The van der Waals surface area contributed by atoms with Crippen molar-refractivity contribution in [3.63, 3.8) is 0 Å². The Kier molecular flexibility index (Phi) is 4.33. The number of benzene rings is 1. The molecule has 0 bridgehead atoms. The predicted octanol–water partition coefficient (Wildman–Crippen LogP) is 0.574. The van der Waals surface area contributed by atoms with Crippen molar-refractivity contribution in [2.45, 2.75) is 6.42 Å². The summed E-state index contributed by atoms with van der Waals surface area (Å²) in [7, 11) is -2.39. The Morgan fingerprint density at radius 2 is 2.06 bits per heavy atom. The van der Waals surface area contributed by atoms with Gasteiger partial charge in [0.2, 0.25) is 10.0 Å². The van der Waals surface area contributed by atoms with E-state index in [1.165, 1.54) is 7.11 Å². The Morgan fingerprint density at radius 3 is 2.65 bits per heavy atom. The molecule has 0 fully saturated rings. The van der Waals surface area contributed by atoms with E-state index in [1.807, 2.05) is 0 Å². The van der Waals surface area contributed by atoms with E-state index in [1.54, 1.807) is 24.3 Å². The number of hydrogen-bond acceptors (Lipinski definition) is 5. The number of methoxy groups -OCH3 is 1. The van der Waals surface area contributed by atoms with Crippen LogP contribution in [0.25, 0.3) is 0 Å². The first-order chi connectivity index (χ1) is 7.94. The van der Waals surface area contributed by atoms with E-state index in [2.05, 4.69) is 9.46 Å². The highest BCUT2D eigenvalue weighted by atomic mass is 32.2. The fourth-order valence-electron chi connectivity index (χ4n) is 1.13. The number of sulfonamides is 1. The molecule has 0 spiro atoms. The first kappa shape index (κ1) is 13.3. The summed E-state index contributed by atoms with van der Waals surface area (Å²) < 4.78 is 29.9. The van der Waals surface area contributed by atoms with Gasteiger partial charge in [-0.15, -0.1) is 0 Å². The maximum absolute atomic E-state index is 11.6. The van der Waals surface area contributed by atoms with Gasteiger partial charge in [-0.05, 0) is 12.1 Å². The standard InChI is InChI=1S/C10H14N2O4S/c1-16-10(13)6-7-17(14,15)12-9-5-3-2-4-8(9)11/h2-5,12H,6-7,11H2,1H3. The largest absolute Gasteiger partial charge is 0.469 e. The van der Waals surface area contributed by atoms with Crippen LogP contribution in [-0.2, 0) is 19.6 Å². The van der Waals surface area contributed by atoms with Gasteiger partial charge >= 0.3 is 5.97 Å². The van der Waals surface area contributed by atoms with Crippen LogP contribution in [0.4, 0.5) is 11.4 Å². The lowest BCUT2D eigenvalue weighted by Crippen LogP contribution is -2.20. The van der Waals surface area contributed by atoms with Crippen molar-refractivity contribution in [1.29, 1.82) is 0 Å². The number of nitrogens with one attached hydrogen (secondary N) is 1. The first-order valence-electron chi connectivity index (χ1n) is 4.86. The van der Waals surface area contributed by atoms with Crippen LogP contribution in [-0.4, -0.2) is 27.2 Å². The summed E-state index contributed by atoms with van der Waals surface area (Å²) in [5.74, 6) is -0.912. The molecule has 0 aromatic heterocycles. The third-order valence-corrected chi connectivity index (χ3v) is 3.30. The highest BCUT2D eigenvalue weighted by molar-refractivity contribution is 7.92. The topological polar surface area (TPSA) is 98.5 Å². The molecule has 7 heteroatoms. The Labute approximate surface area is 99.8 Å². The second-order valence-electron chi connectivity index (χ2n) is 3.33. The van der Waals surface area contributed by atoms with Crippen molar-refractivity contribution in [2.75, 3.05) is 23.3 Å². The number of esters is 1. The van der Waals surface area contributed by atoms with Gasteiger partial charge in [-0.3, -0.25) is 9.52 Å². The van der Waals surface area contributed by atoms with Crippen LogP contribution in [0.15, 0.2) is 24.3 Å². The normalized spacial score (nSPS) is 10.9. The molecule has 1 rings (SSSR count). The fraction of sp³-hybridized carbons (Fsp3) is 0.300. The van der Waals surface area contributed by atoms with Crippen molar-refractivity contribution in [3.05, 3.63) is 24.3 Å². The zero-order valence-electron chi connectivity index (χ0n) is 9.34. The molecule has 0 aliphatic heterocycles. The van der Waals surface area contributed by atoms with Gasteiger partial charge in [-0.2, -0.15) is 0 Å². The number of carbonyl (C=O) groups excluding carboxylic acids is 1. The maximum atomic E-state index is 11.6. The number of nitrogens with two attached hydrogens (primary N) is 1. The lowest BCUT2D eigenvalue weighted by molar-refractivity contribution is -0.140. The van der Waals surface area contributed by atoms with Crippen molar-refractivity contribution in [1.82, 2.24) is 0 Å². The van der Waals surface area contributed by atoms with E-state index >= 15 is 0 Å². The van der Waals surface area contributed by atoms with E-state index < -0.39 is 16.0 Å². The average Bonchev–Trinajstić information content (AvgIpc) is 2.29. The predicted molar refractivity (Wildman–Crippen MR) is 64.9 cm³/mol. The smallest absolute Gasteiger partial charge is 0.306 e. The molecule has 0 aliphatic carbocycles. The molecule has 0 unspecified atom stereocenters. The van der Waals surface area contributed by atoms with Gasteiger partial charge in [-0.25, -0.2) is 8.42 Å². The van der Waals surface area contributed by atoms with E-state index in [-0.39, 0.29) is 12.2 Å². The van der Waals surface area contributed by atoms with Gasteiger partial charge in [0.15, 0.2) is 0 Å². The lowest BCUT2D eigenvalue weighted by atomic mass is 10.3. The number of ether oxygens (including phenoxy) is 1. The summed E-state index contributed by atoms with van der Waals surface area (Å²) in [4.78, 5) is 10.8. The van der Waals surface area contributed by atoms with E-state index in [4.69, 9.17) is 5.73 Å². The van der Waals surface area contributed by atoms with Crippen LogP contribution in [0.3, 0.4) is 0 Å². The number of nitrogen functional groups attached to an aromatic ring is 1. The van der Waals surface area contributed by atoms with Crippen molar-refractivity contribution >= 4 is 27.4 Å². The molecule has 0 aliphatic rings. The highest BCUT2D eigenvalue weighted by Crippen LogP contribution is 2.18. The van der Waals surface area contributed by atoms with Crippen LogP contribution in [0, 0.1) is 0 Å². The Bertz CT molecular complexity index is 499. The van der Waals surface area contributed by atoms with Gasteiger partial charge in [-0.1, -0.05) is 12.1 Å². The minimum absolute atomic E-state index is 0.196. The molecule has 0 radical (unpaired) electrons. The Morgan fingerprint density at radius 1 is 1.41 bits per heavy atom. The van der Waals surface area contributed by atoms with Crippen molar-refractivity contribution in [2.24, 2.45) is 0 Å². The molecule has 1 aromatic carbocycles. The minimum atomic E-state index is -3.59. The summed E-state index contributed by atoms with van der Waals surface area (Å²) in [5.41, 5.74) is 6.22. The van der Waals surface area contributed by atoms with E-state index in [0.717, 1.165) is 0 Å². The molecule has 0 saturated heterocycles. The van der Waals surface area contributed by atoms with Crippen LogP contribution in [0.1, 0.15) is 6.42 Å². The van der Waals surface area contributed by atoms with Crippen LogP contribution < -0.4 is 10.5 Å². The molecule has 0 saturated carbocycles. The summed E-state index contributed by atoms with van der Waals surface area (Å²) >= 11 is 0. The van der Waals surface area contributed by atoms with Gasteiger partial charge < -0.3 is 10.5 Å². The number of hydrogen-bond donors (Lipinski definition) is 2. The Balaban J connectivity index is 2.67. The summed E-state index contributed by atoms with van der Waals surface area (Å²) in [6.45, 7) is 0. The molecular formula is C10H14N2O4S. The molecule has 0 amide bonds. The zero-order valence-corrected chi connectivity index (χ0v) is 10.2. The van der Waals surface area contributed by atoms with Crippen LogP contribution in [0.5, 0.6) is 0 Å². The van der Waals surface area contributed by atoms with Crippen LogP contribution >= 0.6 is 0 Å². The third kappa shape index (κ3) is 4.31. The summed E-state index contributed by atoms with van der Waals surface area (Å²) in [6.07, 6.45) is -0.196. The fourth-order valence-corrected chi connectivity index (χ4v) is 2.19. The van der Waals surface area contributed by atoms with Crippen molar-refractivity contribution in [3.8, 4) is 0 Å².